The molecule has 0 spiro atoms. The minimum absolute atomic E-state index is 0.0533. The molecule has 2 fully saturated rings. The molecule has 8 rings (SSSR count). The smallest absolute Gasteiger partial charge is 0.264 e. The van der Waals surface area contributed by atoms with Crippen LogP contribution >= 0.6 is 0 Å². The van der Waals surface area contributed by atoms with E-state index in [0.29, 0.717) is 83.7 Å². The number of aromatic hydroxyl groups is 2. The highest BCUT2D eigenvalue weighted by Gasteiger charge is 2.45. The Bertz CT molecular complexity index is 2500. The average Bonchev–Trinajstić information content (AvgIpc) is 3.89. The largest absolute Gasteiger partial charge is 0.507 e. The van der Waals surface area contributed by atoms with Gasteiger partial charge in [-0.2, -0.15) is 0 Å². The molecule has 4 aromatic rings. The first-order chi connectivity index (χ1) is 33.5. The molecule has 0 saturated carbocycles. The molecule has 1 unspecified atom stereocenters. The highest BCUT2D eigenvalue weighted by atomic mass is 16.6. The van der Waals surface area contributed by atoms with Crippen LogP contribution in [0.5, 0.6) is 17.2 Å². The maximum Gasteiger partial charge on any atom is 0.264 e. The Balaban J connectivity index is 0.646. The van der Waals surface area contributed by atoms with Gasteiger partial charge in [0, 0.05) is 82.6 Å². The molecule has 69 heavy (non-hydrogen) atoms. The highest BCUT2D eigenvalue weighted by molar-refractivity contribution is 6.25. The Morgan fingerprint density at radius 1 is 0.725 bits per heavy atom. The minimum Gasteiger partial charge on any atom is -0.507 e. The molecular weight excluding hydrogens is 889 g/mol. The van der Waals surface area contributed by atoms with Gasteiger partial charge in [0.05, 0.1) is 64.0 Å². The number of carbonyl (C=O) groups is 5. The number of hydrogen-bond donors (Lipinski definition) is 4. The van der Waals surface area contributed by atoms with Crippen molar-refractivity contribution in [3.63, 3.8) is 0 Å². The molecule has 0 aromatic heterocycles. The van der Waals surface area contributed by atoms with Crippen LogP contribution in [0.4, 0.5) is 5.69 Å². The van der Waals surface area contributed by atoms with E-state index >= 15 is 0 Å². The fraction of sp³-hybridized carbons (Fsp3) is 0.431. The lowest BCUT2D eigenvalue weighted by atomic mass is 10.0. The standard InChI is InChI=1S/C51H60N6O12/c1-34-42(58)29-43(59)46(47(34)69-33-35-6-3-2-4-7-35)50(63)56-31-37-11-10-36(28-38(37)32-56)30-55-17-15-54(16-18-55)19-21-66-23-25-68-27-26-67-24-22-65-20-14-52-40-9-5-8-39-45(40)51(64)57(49(39)62)41-12-13-44(60)53-48(41)61/h2-11,28-29,41,52,58-59H,12-27,30-33H2,1H3,(H,53,60,61). The zero-order chi connectivity index (χ0) is 48.3. The number of benzene rings is 4. The summed E-state index contributed by atoms with van der Waals surface area (Å²) in [6.45, 7) is 12.0. The molecule has 0 radical (unpaired) electrons. The first-order valence-corrected chi connectivity index (χ1v) is 23.5. The maximum absolute atomic E-state index is 13.9. The lowest BCUT2D eigenvalue weighted by Crippen LogP contribution is -2.54. The van der Waals surface area contributed by atoms with Crippen LogP contribution in [0.3, 0.4) is 0 Å². The van der Waals surface area contributed by atoms with Crippen molar-refractivity contribution in [2.75, 3.05) is 97.4 Å². The van der Waals surface area contributed by atoms with Gasteiger partial charge in [-0.25, -0.2) is 0 Å². The number of nitrogens with zero attached hydrogens (tertiary/aromatic N) is 4. The lowest BCUT2D eigenvalue weighted by molar-refractivity contribution is -0.136. The van der Waals surface area contributed by atoms with Crippen LogP contribution in [-0.4, -0.2) is 158 Å². The Labute approximate surface area is 401 Å². The van der Waals surface area contributed by atoms with E-state index in [0.717, 1.165) is 60.9 Å². The molecule has 0 bridgehead atoms. The van der Waals surface area contributed by atoms with Gasteiger partial charge in [-0.3, -0.25) is 44.0 Å². The first-order valence-electron chi connectivity index (χ1n) is 23.5. The lowest BCUT2D eigenvalue weighted by Gasteiger charge is -2.34. The molecular formula is C51H60N6O12. The Kier molecular flexibility index (Phi) is 16.5. The van der Waals surface area contributed by atoms with E-state index in [2.05, 4.69) is 38.6 Å². The van der Waals surface area contributed by atoms with Gasteiger partial charge >= 0.3 is 0 Å². The van der Waals surface area contributed by atoms with Crippen molar-refractivity contribution in [2.24, 2.45) is 0 Å². The van der Waals surface area contributed by atoms with Crippen LogP contribution in [0.2, 0.25) is 0 Å². The Morgan fingerprint density at radius 2 is 1.41 bits per heavy atom. The van der Waals surface area contributed by atoms with Gasteiger partial charge in [0.25, 0.3) is 17.7 Å². The SMILES string of the molecule is Cc1c(O)cc(O)c(C(=O)N2Cc3ccc(CN4CCN(CCOCCOCCOCCOCCNc5cccc6c5C(=O)N(C5CCC(=O)NC5=O)C6=O)CC4)cc3C2)c1OCc1ccccc1. The molecule has 18 nitrogen and oxygen atoms in total. The number of hydrogen-bond acceptors (Lipinski definition) is 15. The molecule has 366 valence electrons. The van der Waals surface area contributed by atoms with E-state index < -0.39 is 29.7 Å². The summed E-state index contributed by atoms with van der Waals surface area (Å²) < 4.78 is 28.8. The van der Waals surface area contributed by atoms with Gasteiger partial charge in [0.1, 0.15) is 35.5 Å². The topological polar surface area (TPSA) is 209 Å². The van der Waals surface area contributed by atoms with E-state index in [9.17, 15) is 34.2 Å². The van der Waals surface area contributed by atoms with Crippen LogP contribution in [0.1, 0.15) is 71.7 Å². The van der Waals surface area contributed by atoms with Gasteiger partial charge in [-0.15, -0.1) is 0 Å². The van der Waals surface area contributed by atoms with Crippen molar-refractivity contribution in [1.29, 1.82) is 0 Å². The number of anilines is 1. The third-order valence-electron chi connectivity index (χ3n) is 12.8. The zero-order valence-corrected chi connectivity index (χ0v) is 38.9. The third kappa shape index (κ3) is 12.1. The molecule has 4 aliphatic heterocycles. The number of carbonyl (C=O) groups excluding carboxylic acids is 5. The molecule has 18 heteroatoms. The summed E-state index contributed by atoms with van der Waals surface area (Å²) in [7, 11) is 0. The highest BCUT2D eigenvalue weighted by Crippen LogP contribution is 2.40. The second kappa shape index (κ2) is 23.3. The molecule has 4 N–H and O–H groups in total. The molecule has 4 aliphatic rings. The van der Waals surface area contributed by atoms with Crippen molar-refractivity contribution < 1.29 is 57.9 Å². The van der Waals surface area contributed by atoms with Crippen molar-refractivity contribution in [2.45, 2.75) is 52.0 Å². The number of imide groups is 2. The normalized spacial score (nSPS) is 17.3. The quantitative estimate of drug-likeness (QED) is 0.0616. The number of piperidine rings is 1. The predicted molar refractivity (Wildman–Crippen MR) is 252 cm³/mol. The van der Waals surface area contributed by atoms with Crippen molar-refractivity contribution in [3.05, 3.63) is 117 Å². The molecule has 4 aromatic carbocycles. The minimum atomic E-state index is -1.02. The number of rotatable bonds is 23. The zero-order valence-electron chi connectivity index (χ0n) is 38.9. The fourth-order valence-electron chi connectivity index (χ4n) is 9.00. The van der Waals surface area contributed by atoms with Gasteiger partial charge < -0.3 is 44.1 Å². The number of ether oxygens (including phenoxy) is 5. The van der Waals surface area contributed by atoms with Gasteiger partial charge in [0.2, 0.25) is 11.8 Å². The summed E-state index contributed by atoms with van der Waals surface area (Å²) in [4.78, 5) is 71.6. The van der Waals surface area contributed by atoms with Crippen molar-refractivity contribution in [1.82, 2.24) is 24.9 Å². The molecule has 4 heterocycles. The number of fused-ring (bicyclic) bond motifs is 2. The summed E-state index contributed by atoms with van der Waals surface area (Å²) in [6, 6.07) is 21.1. The van der Waals surface area contributed by atoms with E-state index in [-0.39, 0.29) is 59.3 Å². The van der Waals surface area contributed by atoms with E-state index in [1.165, 1.54) is 11.6 Å². The van der Waals surface area contributed by atoms with Crippen LogP contribution in [0, 0.1) is 6.92 Å². The number of nitrogens with one attached hydrogen (secondary N) is 2. The van der Waals surface area contributed by atoms with Gasteiger partial charge in [0.15, 0.2) is 0 Å². The van der Waals surface area contributed by atoms with Gasteiger partial charge in [-0.1, -0.05) is 54.6 Å². The monoisotopic (exact) mass is 948 g/mol. The molecule has 2 saturated heterocycles. The number of amides is 5. The van der Waals surface area contributed by atoms with Crippen molar-refractivity contribution >= 4 is 35.2 Å². The first kappa shape index (κ1) is 49.0. The fourth-order valence-corrected chi connectivity index (χ4v) is 9.00. The maximum atomic E-state index is 13.9. The van der Waals surface area contributed by atoms with Crippen LogP contribution in [0.15, 0.2) is 72.8 Å². The van der Waals surface area contributed by atoms with Gasteiger partial charge in [-0.05, 0) is 47.7 Å². The van der Waals surface area contributed by atoms with Crippen LogP contribution in [0.25, 0.3) is 0 Å². The summed E-state index contributed by atoms with van der Waals surface area (Å²) in [5.41, 5.74) is 5.60. The summed E-state index contributed by atoms with van der Waals surface area (Å²) in [5, 5.41) is 26.7. The second-order valence-corrected chi connectivity index (χ2v) is 17.5. The van der Waals surface area contributed by atoms with Crippen LogP contribution < -0.4 is 15.4 Å². The summed E-state index contributed by atoms with van der Waals surface area (Å²) >= 11 is 0. The summed E-state index contributed by atoms with van der Waals surface area (Å²) in [5.74, 6) is -2.79. The third-order valence-corrected chi connectivity index (χ3v) is 12.8. The molecule has 1 atom stereocenters. The Morgan fingerprint density at radius 3 is 2.13 bits per heavy atom. The second-order valence-electron chi connectivity index (χ2n) is 17.5. The number of piperazine rings is 1. The van der Waals surface area contributed by atoms with E-state index in [1.54, 1.807) is 30.0 Å². The van der Waals surface area contributed by atoms with Crippen LogP contribution in [-0.2, 0) is 54.8 Å². The Hall–Kier alpha value is -6.41. The van der Waals surface area contributed by atoms with E-state index in [1.807, 2.05) is 30.3 Å². The summed E-state index contributed by atoms with van der Waals surface area (Å²) in [6.07, 6.45) is 0.159. The average molecular weight is 949 g/mol. The van der Waals surface area contributed by atoms with Crippen molar-refractivity contribution in [3.8, 4) is 17.2 Å². The molecule has 5 amide bonds. The predicted octanol–water partition coefficient (Wildman–Crippen LogP) is 3.84. The molecule has 0 aliphatic carbocycles. The number of phenolic OH excluding ortho intramolecular Hbond substituents is 2. The van der Waals surface area contributed by atoms with E-state index in [4.69, 9.17) is 23.7 Å². The number of phenols is 2.